The molecule has 0 spiro atoms. The summed E-state index contributed by atoms with van der Waals surface area (Å²) in [6, 6.07) is 5.24. The van der Waals surface area contributed by atoms with Crippen molar-refractivity contribution in [3.05, 3.63) is 23.8 Å². The van der Waals surface area contributed by atoms with E-state index in [1.165, 1.54) is 6.42 Å². The number of ether oxygens (including phenoxy) is 1. The summed E-state index contributed by atoms with van der Waals surface area (Å²) in [5.41, 5.74) is 7.94. The van der Waals surface area contributed by atoms with Crippen molar-refractivity contribution in [2.24, 2.45) is 0 Å². The molecular formula is C14H21N3O2. The normalized spacial score (nSPS) is 18.9. The van der Waals surface area contributed by atoms with Crippen molar-refractivity contribution in [1.29, 1.82) is 0 Å². The lowest BCUT2D eigenvalue weighted by Gasteiger charge is -2.23. The van der Waals surface area contributed by atoms with Gasteiger partial charge >= 0.3 is 0 Å². The highest BCUT2D eigenvalue weighted by Gasteiger charge is 2.14. The van der Waals surface area contributed by atoms with Crippen LogP contribution in [0.4, 0.5) is 11.4 Å². The lowest BCUT2D eigenvalue weighted by Crippen LogP contribution is -2.27. The Balaban J connectivity index is 2.00. The van der Waals surface area contributed by atoms with Crippen LogP contribution in [0.5, 0.6) is 0 Å². The molecule has 104 valence electrons. The largest absolute Gasteiger partial charge is 0.397 e. The van der Waals surface area contributed by atoms with Crippen molar-refractivity contribution in [3.8, 4) is 0 Å². The molecule has 1 unspecified atom stereocenters. The van der Waals surface area contributed by atoms with Gasteiger partial charge in [-0.05, 0) is 37.5 Å². The first-order valence-corrected chi connectivity index (χ1v) is 6.68. The maximum atomic E-state index is 11.6. The molecule has 1 heterocycles. The first-order chi connectivity index (χ1) is 9.20. The van der Waals surface area contributed by atoms with Crippen molar-refractivity contribution >= 4 is 17.3 Å². The number of benzene rings is 1. The Hall–Kier alpha value is -1.75. The number of nitrogen functional groups attached to an aromatic ring is 1. The molecule has 0 saturated carbocycles. The Kier molecular flexibility index (Phi) is 4.63. The maximum absolute atomic E-state index is 11.6. The minimum Gasteiger partial charge on any atom is -0.397 e. The summed E-state index contributed by atoms with van der Waals surface area (Å²) in [7, 11) is 1.61. The number of nitrogens with two attached hydrogens (primary N) is 1. The molecule has 1 fully saturated rings. The third-order valence-corrected chi connectivity index (χ3v) is 3.34. The monoisotopic (exact) mass is 263 g/mol. The second kappa shape index (κ2) is 6.43. The Bertz CT molecular complexity index is 442. The summed E-state index contributed by atoms with van der Waals surface area (Å²) in [6.45, 7) is 1.56. The van der Waals surface area contributed by atoms with Crippen molar-refractivity contribution in [3.63, 3.8) is 0 Å². The Morgan fingerprint density at radius 3 is 3.00 bits per heavy atom. The van der Waals surface area contributed by atoms with Crippen LogP contribution in [-0.4, -0.2) is 32.2 Å². The number of anilines is 2. The topological polar surface area (TPSA) is 76.4 Å². The van der Waals surface area contributed by atoms with Crippen molar-refractivity contribution < 1.29 is 9.53 Å². The van der Waals surface area contributed by atoms with Gasteiger partial charge in [0.1, 0.15) is 0 Å². The number of amides is 1. The van der Waals surface area contributed by atoms with Gasteiger partial charge in [-0.25, -0.2) is 0 Å². The van der Waals surface area contributed by atoms with Gasteiger partial charge in [0, 0.05) is 25.8 Å². The number of carbonyl (C=O) groups excluding carboxylic acids is 1. The standard InChI is InChI=1S/C14H21N3O2/c1-16-14(18)10-5-6-12(15)13(8-10)17-9-11-4-2-3-7-19-11/h5-6,8,11,17H,2-4,7,9,15H2,1H3,(H,16,18). The minimum absolute atomic E-state index is 0.114. The molecule has 1 atom stereocenters. The van der Waals surface area contributed by atoms with E-state index in [0.717, 1.165) is 31.7 Å². The van der Waals surface area contributed by atoms with E-state index in [-0.39, 0.29) is 12.0 Å². The molecule has 1 aromatic carbocycles. The molecule has 1 aromatic rings. The highest BCUT2D eigenvalue weighted by Crippen LogP contribution is 2.21. The van der Waals surface area contributed by atoms with Gasteiger partial charge < -0.3 is 21.1 Å². The summed E-state index contributed by atoms with van der Waals surface area (Å²) >= 11 is 0. The van der Waals surface area contributed by atoms with Crippen molar-refractivity contribution in [2.75, 3.05) is 31.2 Å². The molecule has 1 aliphatic heterocycles. The quantitative estimate of drug-likeness (QED) is 0.721. The number of rotatable bonds is 4. The molecule has 1 amide bonds. The molecule has 2 rings (SSSR count). The molecular weight excluding hydrogens is 242 g/mol. The van der Waals surface area contributed by atoms with Gasteiger partial charge in [0.05, 0.1) is 17.5 Å². The van der Waals surface area contributed by atoms with Crippen molar-refractivity contribution in [1.82, 2.24) is 5.32 Å². The summed E-state index contributed by atoms with van der Waals surface area (Å²) in [5.74, 6) is -0.114. The fraction of sp³-hybridized carbons (Fsp3) is 0.500. The Labute approximate surface area is 113 Å². The van der Waals surface area contributed by atoms with Gasteiger partial charge in [0.25, 0.3) is 5.91 Å². The van der Waals surface area contributed by atoms with E-state index in [9.17, 15) is 4.79 Å². The predicted octanol–water partition coefficient (Wildman–Crippen LogP) is 1.61. The SMILES string of the molecule is CNC(=O)c1ccc(N)c(NCC2CCCCO2)c1. The van der Waals surface area contributed by atoms with E-state index < -0.39 is 0 Å². The van der Waals surface area contributed by atoms with E-state index in [1.807, 2.05) is 0 Å². The summed E-state index contributed by atoms with van der Waals surface area (Å²) in [4.78, 5) is 11.6. The molecule has 1 saturated heterocycles. The van der Waals surface area contributed by atoms with Crippen LogP contribution in [0.25, 0.3) is 0 Å². The van der Waals surface area contributed by atoms with Gasteiger partial charge in [-0.2, -0.15) is 0 Å². The van der Waals surface area contributed by atoms with E-state index in [4.69, 9.17) is 10.5 Å². The zero-order valence-electron chi connectivity index (χ0n) is 11.2. The molecule has 0 aromatic heterocycles. The zero-order chi connectivity index (χ0) is 13.7. The smallest absolute Gasteiger partial charge is 0.251 e. The molecule has 5 heteroatoms. The Morgan fingerprint density at radius 2 is 2.32 bits per heavy atom. The van der Waals surface area contributed by atoms with E-state index in [2.05, 4.69) is 10.6 Å². The number of hydrogen-bond acceptors (Lipinski definition) is 4. The van der Waals surface area contributed by atoms with E-state index >= 15 is 0 Å². The lowest BCUT2D eigenvalue weighted by atomic mass is 10.1. The van der Waals surface area contributed by atoms with Gasteiger partial charge in [-0.15, -0.1) is 0 Å². The fourth-order valence-electron chi connectivity index (χ4n) is 2.19. The third kappa shape index (κ3) is 3.61. The maximum Gasteiger partial charge on any atom is 0.251 e. The second-order valence-electron chi connectivity index (χ2n) is 4.75. The average Bonchev–Trinajstić information content (AvgIpc) is 2.46. The van der Waals surface area contributed by atoms with E-state index in [1.54, 1.807) is 25.2 Å². The minimum atomic E-state index is -0.114. The summed E-state index contributed by atoms with van der Waals surface area (Å²) in [6.07, 6.45) is 3.66. The molecule has 0 aliphatic carbocycles. The first kappa shape index (κ1) is 13.7. The number of hydrogen-bond donors (Lipinski definition) is 3. The van der Waals surface area contributed by atoms with Gasteiger partial charge in [-0.3, -0.25) is 4.79 Å². The number of nitrogens with one attached hydrogen (secondary N) is 2. The van der Waals surface area contributed by atoms with Crippen LogP contribution in [0, 0.1) is 0 Å². The van der Waals surface area contributed by atoms with Crippen LogP contribution in [0.1, 0.15) is 29.6 Å². The second-order valence-corrected chi connectivity index (χ2v) is 4.75. The van der Waals surface area contributed by atoms with Crippen LogP contribution in [0.2, 0.25) is 0 Å². The van der Waals surface area contributed by atoms with Crippen LogP contribution in [0.3, 0.4) is 0 Å². The molecule has 4 N–H and O–H groups in total. The zero-order valence-corrected chi connectivity index (χ0v) is 11.2. The highest BCUT2D eigenvalue weighted by atomic mass is 16.5. The average molecular weight is 263 g/mol. The van der Waals surface area contributed by atoms with Crippen LogP contribution in [0.15, 0.2) is 18.2 Å². The van der Waals surface area contributed by atoms with Crippen LogP contribution >= 0.6 is 0 Å². The summed E-state index contributed by atoms with van der Waals surface area (Å²) in [5, 5.41) is 5.87. The van der Waals surface area contributed by atoms with Crippen LogP contribution < -0.4 is 16.4 Å². The third-order valence-electron chi connectivity index (χ3n) is 3.34. The molecule has 0 radical (unpaired) electrons. The van der Waals surface area contributed by atoms with Gasteiger partial charge in [0.15, 0.2) is 0 Å². The highest BCUT2D eigenvalue weighted by molar-refractivity contribution is 5.96. The first-order valence-electron chi connectivity index (χ1n) is 6.68. The van der Waals surface area contributed by atoms with E-state index in [0.29, 0.717) is 11.3 Å². The number of carbonyl (C=O) groups is 1. The predicted molar refractivity (Wildman–Crippen MR) is 76.3 cm³/mol. The van der Waals surface area contributed by atoms with Gasteiger partial charge in [0.2, 0.25) is 0 Å². The van der Waals surface area contributed by atoms with Crippen molar-refractivity contribution in [2.45, 2.75) is 25.4 Å². The molecule has 0 bridgehead atoms. The molecule has 19 heavy (non-hydrogen) atoms. The fourth-order valence-corrected chi connectivity index (χ4v) is 2.19. The molecule has 5 nitrogen and oxygen atoms in total. The Morgan fingerprint density at radius 1 is 1.47 bits per heavy atom. The van der Waals surface area contributed by atoms with Crippen LogP contribution in [-0.2, 0) is 4.74 Å². The van der Waals surface area contributed by atoms with Gasteiger partial charge in [-0.1, -0.05) is 0 Å². The lowest BCUT2D eigenvalue weighted by molar-refractivity contribution is 0.0248. The molecule has 1 aliphatic rings. The summed E-state index contributed by atoms with van der Waals surface area (Å²) < 4.78 is 5.66.